The van der Waals surface area contributed by atoms with Gasteiger partial charge in [0.15, 0.2) is 0 Å². The zero-order valence-electron chi connectivity index (χ0n) is 9.70. The van der Waals surface area contributed by atoms with Gasteiger partial charge in [-0.05, 0) is 28.8 Å². The summed E-state index contributed by atoms with van der Waals surface area (Å²) in [4.78, 5) is 0. The molecule has 1 nitrogen and oxygen atoms in total. The molecule has 18 heavy (non-hydrogen) atoms. The molecule has 0 spiro atoms. The third-order valence-corrected chi connectivity index (χ3v) is 4.39. The van der Waals surface area contributed by atoms with E-state index in [0.29, 0.717) is 0 Å². The summed E-state index contributed by atoms with van der Waals surface area (Å²) < 4.78 is 6.55. The van der Waals surface area contributed by atoms with E-state index < -0.39 is 0 Å². The topological polar surface area (TPSA) is 9.23 Å². The fourth-order valence-electron chi connectivity index (χ4n) is 2.22. The second-order valence-electron chi connectivity index (χ2n) is 4.35. The molecule has 0 amide bonds. The Morgan fingerprint density at radius 3 is 2.83 bits per heavy atom. The van der Waals surface area contributed by atoms with Crippen molar-refractivity contribution in [2.75, 3.05) is 6.61 Å². The fraction of sp³-hybridized carbons (Fsp3) is 0.200. The van der Waals surface area contributed by atoms with Crippen LogP contribution in [-0.2, 0) is 6.42 Å². The summed E-state index contributed by atoms with van der Waals surface area (Å²) in [6, 6.07) is 14.3. The Morgan fingerprint density at radius 1 is 1.17 bits per heavy atom. The van der Waals surface area contributed by atoms with Crippen LogP contribution in [0.1, 0.15) is 22.1 Å². The summed E-state index contributed by atoms with van der Waals surface area (Å²) in [5.41, 5.74) is 3.47. The summed E-state index contributed by atoms with van der Waals surface area (Å²) in [6.45, 7) is 0.779. The molecule has 1 atom stereocenters. The number of benzene rings is 2. The van der Waals surface area contributed by atoms with E-state index in [4.69, 9.17) is 16.3 Å². The maximum absolute atomic E-state index is 6.57. The third kappa shape index (κ3) is 2.15. The highest BCUT2D eigenvalue weighted by Crippen LogP contribution is 2.36. The first-order valence-electron chi connectivity index (χ1n) is 5.90. The van der Waals surface area contributed by atoms with Gasteiger partial charge in [0.2, 0.25) is 0 Å². The largest absolute Gasteiger partial charge is 0.493 e. The monoisotopic (exact) mass is 322 g/mol. The van der Waals surface area contributed by atoms with Gasteiger partial charge >= 0.3 is 0 Å². The molecule has 0 aliphatic carbocycles. The number of ether oxygens (including phenoxy) is 1. The minimum absolute atomic E-state index is 0.133. The normalized spacial score (nSPS) is 15.0. The first kappa shape index (κ1) is 12.1. The molecule has 0 bridgehead atoms. The average molecular weight is 324 g/mol. The van der Waals surface area contributed by atoms with E-state index in [2.05, 4.69) is 22.0 Å². The molecule has 2 aromatic carbocycles. The van der Waals surface area contributed by atoms with Gasteiger partial charge in [0.25, 0.3) is 0 Å². The Kier molecular flexibility index (Phi) is 3.31. The molecule has 92 valence electrons. The van der Waals surface area contributed by atoms with Crippen LogP contribution >= 0.6 is 27.5 Å². The lowest BCUT2D eigenvalue weighted by molar-refractivity contribution is 0.357. The Hall–Kier alpha value is -0.990. The first-order valence-corrected chi connectivity index (χ1v) is 7.13. The van der Waals surface area contributed by atoms with Gasteiger partial charge in [-0.2, -0.15) is 0 Å². The number of alkyl halides is 1. The van der Waals surface area contributed by atoms with Crippen molar-refractivity contribution in [2.24, 2.45) is 0 Å². The molecule has 0 fully saturated rings. The molecular weight excluding hydrogens is 312 g/mol. The lowest BCUT2D eigenvalue weighted by Crippen LogP contribution is -1.95. The number of hydrogen-bond acceptors (Lipinski definition) is 1. The van der Waals surface area contributed by atoms with Crippen molar-refractivity contribution in [1.29, 1.82) is 0 Å². The van der Waals surface area contributed by atoms with Crippen molar-refractivity contribution in [3.05, 3.63) is 63.6 Å². The van der Waals surface area contributed by atoms with Gasteiger partial charge in [-0.25, -0.2) is 0 Å². The Balaban J connectivity index is 1.98. The predicted octanol–water partition coefficient (Wildman–Crippen LogP) is 4.71. The molecule has 0 radical (unpaired) electrons. The highest BCUT2D eigenvalue weighted by Gasteiger charge is 2.17. The summed E-state index contributed by atoms with van der Waals surface area (Å²) in [7, 11) is 0. The van der Waals surface area contributed by atoms with Crippen LogP contribution < -0.4 is 4.74 Å². The zero-order chi connectivity index (χ0) is 12.5. The van der Waals surface area contributed by atoms with Gasteiger partial charge in [-0.1, -0.05) is 46.3 Å². The van der Waals surface area contributed by atoms with Crippen LogP contribution in [0.25, 0.3) is 0 Å². The van der Waals surface area contributed by atoms with Gasteiger partial charge in [0.1, 0.15) is 5.75 Å². The highest BCUT2D eigenvalue weighted by atomic mass is 79.9. The van der Waals surface area contributed by atoms with Crippen LogP contribution in [0.4, 0.5) is 0 Å². The minimum Gasteiger partial charge on any atom is -0.493 e. The average Bonchev–Trinajstić information content (AvgIpc) is 2.85. The van der Waals surface area contributed by atoms with Crippen molar-refractivity contribution in [2.45, 2.75) is 11.8 Å². The van der Waals surface area contributed by atoms with Gasteiger partial charge in [0, 0.05) is 10.9 Å². The van der Waals surface area contributed by atoms with Gasteiger partial charge in [0.05, 0.1) is 12.0 Å². The van der Waals surface area contributed by atoms with Gasteiger partial charge in [-0.15, -0.1) is 11.6 Å². The molecular formula is C15H12BrClO. The molecule has 3 rings (SSSR count). The van der Waals surface area contributed by atoms with Crippen LogP contribution in [0, 0.1) is 0 Å². The second kappa shape index (κ2) is 4.94. The fourth-order valence-corrected chi connectivity index (χ4v) is 3.20. The van der Waals surface area contributed by atoms with E-state index in [9.17, 15) is 0 Å². The third-order valence-electron chi connectivity index (χ3n) is 3.18. The second-order valence-corrected chi connectivity index (χ2v) is 5.64. The van der Waals surface area contributed by atoms with Gasteiger partial charge in [-0.3, -0.25) is 0 Å². The first-order chi connectivity index (χ1) is 8.75. The van der Waals surface area contributed by atoms with Crippen molar-refractivity contribution in [3.63, 3.8) is 0 Å². The molecule has 1 unspecified atom stereocenters. The summed E-state index contributed by atoms with van der Waals surface area (Å²) >= 11 is 10.1. The van der Waals surface area contributed by atoms with E-state index in [1.54, 1.807) is 0 Å². The molecule has 0 aromatic heterocycles. The van der Waals surface area contributed by atoms with Crippen molar-refractivity contribution >= 4 is 27.5 Å². The molecule has 1 heterocycles. The summed E-state index contributed by atoms with van der Waals surface area (Å²) in [5.74, 6) is 0.995. The summed E-state index contributed by atoms with van der Waals surface area (Å²) in [6.07, 6.45) is 0.975. The SMILES string of the molecule is ClC(c1ccc2c(c1)CCO2)c1ccccc1Br. The Morgan fingerprint density at radius 2 is 2.00 bits per heavy atom. The zero-order valence-corrected chi connectivity index (χ0v) is 12.0. The standard InChI is InChI=1S/C15H12BrClO/c16-13-4-2-1-3-12(13)15(17)11-5-6-14-10(9-11)7-8-18-14/h1-6,9,15H,7-8H2. The van der Waals surface area contributed by atoms with Crippen molar-refractivity contribution in [3.8, 4) is 5.75 Å². The smallest absolute Gasteiger partial charge is 0.122 e. The Labute approximate surface area is 120 Å². The lowest BCUT2D eigenvalue weighted by Gasteiger charge is -2.13. The van der Waals surface area contributed by atoms with Crippen LogP contribution in [0.2, 0.25) is 0 Å². The highest BCUT2D eigenvalue weighted by molar-refractivity contribution is 9.10. The minimum atomic E-state index is -0.133. The number of rotatable bonds is 2. The Bertz CT molecular complexity index is 582. The predicted molar refractivity (Wildman–Crippen MR) is 77.5 cm³/mol. The molecule has 1 aliphatic heterocycles. The van der Waals surface area contributed by atoms with E-state index >= 15 is 0 Å². The van der Waals surface area contributed by atoms with E-state index in [-0.39, 0.29) is 5.38 Å². The van der Waals surface area contributed by atoms with Crippen molar-refractivity contribution in [1.82, 2.24) is 0 Å². The van der Waals surface area contributed by atoms with Gasteiger partial charge < -0.3 is 4.74 Å². The van der Waals surface area contributed by atoms with Crippen molar-refractivity contribution < 1.29 is 4.74 Å². The number of fused-ring (bicyclic) bond motifs is 1. The molecule has 3 heteroatoms. The molecule has 0 saturated carbocycles. The summed E-state index contributed by atoms with van der Waals surface area (Å²) in [5, 5.41) is -0.133. The molecule has 0 saturated heterocycles. The van der Waals surface area contributed by atoms with Crippen LogP contribution in [-0.4, -0.2) is 6.61 Å². The maximum Gasteiger partial charge on any atom is 0.122 e. The van der Waals surface area contributed by atoms with E-state index in [1.165, 1.54) is 5.56 Å². The van der Waals surface area contributed by atoms with Crippen LogP contribution in [0.15, 0.2) is 46.9 Å². The number of halogens is 2. The van der Waals surface area contributed by atoms with E-state index in [0.717, 1.165) is 34.4 Å². The molecule has 2 aromatic rings. The van der Waals surface area contributed by atoms with Crippen LogP contribution in [0.5, 0.6) is 5.75 Å². The number of hydrogen-bond donors (Lipinski definition) is 0. The van der Waals surface area contributed by atoms with Crippen LogP contribution in [0.3, 0.4) is 0 Å². The maximum atomic E-state index is 6.57. The quantitative estimate of drug-likeness (QED) is 0.727. The van der Waals surface area contributed by atoms with E-state index in [1.807, 2.05) is 36.4 Å². The molecule has 0 N–H and O–H groups in total. The lowest BCUT2D eigenvalue weighted by atomic mass is 10.0. The molecule has 1 aliphatic rings.